The number of amides is 1. The first-order chi connectivity index (χ1) is 10.8. The Balaban J connectivity index is 1.54. The molecule has 1 aromatic heterocycles. The van der Waals surface area contributed by atoms with Crippen molar-refractivity contribution in [2.75, 3.05) is 11.1 Å². The van der Waals surface area contributed by atoms with Crippen LogP contribution in [0.1, 0.15) is 5.56 Å². The first-order valence-electron chi connectivity index (χ1n) is 7.06. The number of carbonyl (C=O) groups excluding carboxylic acids is 1. The highest BCUT2D eigenvalue weighted by atomic mass is 32.2. The Kier molecular flexibility index (Phi) is 4.71. The van der Waals surface area contributed by atoms with Crippen LogP contribution < -0.4 is 5.32 Å². The van der Waals surface area contributed by atoms with Crippen molar-refractivity contribution in [1.82, 2.24) is 4.98 Å². The number of nitrogens with one attached hydrogen (secondary N) is 1. The van der Waals surface area contributed by atoms with Crippen molar-refractivity contribution in [3.8, 4) is 0 Å². The zero-order valence-electron chi connectivity index (χ0n) is 12.0. The minimum absolute atomic E-state index is 0.0178. The van der Waals surface area contributed by atoms with Gasteiger partial charge in [-0.3, -0.25) is 9.78 Å². The highest BCUT2D eigenvalue weighted by Crippen LogP contribution is 2.19. The smallest absolute Gasteiger partial charge is 0.234 e. The molecule has 1 amide bonds. The number of pyridine rings is 1. The molecule has 3 nitrogen and oxygen atoms in total. The molecule has 1 heterocycles. The van der Waals surface area contributed by atoms with E-state index in [2.05, 4.69) is 16.4 Å². The number of carbonyl (C=O) groups is 1. The van der Waals surface area contributed by atoms with E-state index in [1.54, 1.807) is 18.0 Å². The lowest BCUT2D eigenvalue weighted by atomic mass is 10.1. The summed E-state index contributed by atoms with van der Waals surface area (Å²) in [4.78, 5) is 16.1. The molecule has 0 fully saturated rings. The van der Waals surface area contributed by atoms with Crippen LogP contribution in [0, 0.1) is 0 Å². The molecule has 0 aliphatic carbocycles. The number of hydrogen-bond donors (Lipinski definition) is 1. The second kappa shape index (κ2) is 7.09. The van der Waals surface area contributed by atoms with Crippen molar-refractivity contribution < 1.29 is 4.79 Å². The molecule has 4 heteroatoms. The summed E-state index contributed by atoms with van der Waals surface area (Å²) >= 11 is 1.59. The molecule has 0 spiro atoms. The van der Waals surface area contributed by atoms with Crippen molar-refractivity contribution in [3.63, 3.8) is 0 Å². The van der Waals surface area contributed by atoms with E-state index < -0.39 is 0 Å². The summed E-state index contributed by atoms with van der Waals surface area (Å²) in [5.74, 6) is 1.24. The van der Waals surface area contributed by atoms with E-state index in [4.69, 9.17) is 0 Å². The molecule has 0 aliphatic heterocycles. The minimum Gasteiger partial charge on any atom is -0.325 e. The van der Waals surface area contributed by atoms with Crippen LogP contribution in [-0.2, 0) is 10.5 Å². The molecule has 0 unspecified atom stereocenters. The van der Waals surface area contributed by atoms with Crippen LogP contribution in [0.2, 0.25) is 0 Å². The molecule has 3 aromatic rings. The molecule has 110 valence electrons. The third-order valence-electron chi connectivity index (χ3n) is 3.26. The van der Waals surface area contributed by atoms with Crippen molar-refractivity contribution in [1.29, 1.82) is 0 Å². The summed E-state index contributed by atoms with van der Waals surface area (Å²) in [6.07, 6.45) is 3.58. The summed E-state index contributed by atoms with van der Waals surface area (Å²) in [6.45, 7) is 0. The Morgan fingerprint density at radius 1 is 1.05 bits per heavy atom. The van der Waals surface area contributed by atoms with Crippen LogP contribution >= 0.6 is 11.8 Å². The van der Waals surface area contributed by atoms with Crippen LogP contribution in [0.3, 0.4) is 0 Å². The standard InChI is InChI=1S/C18H16N2OS/c21-18(13-22-12-14-4-3-9-19-11-14)20-17-8-7-15-5-1-2-6-16(15)10-17/h1-11H,12-13H2,(H,20,21). The monoisotopic (exact) mass is 308 g/mol. The van der Waals surface area contributed by atoms with Crippen molar-refractivity contribution >= 4 is 34.1 Å². The van der Waals surface area contributed by atoms with Crippen LogP contribution in [0.5, 0.6) is 0 Å². The summed E-state index contributed by atoms with van der Waals surface area (Å²) < 4.78 is 0. The second-order valence-electron chi connectivity index (χ2n) is 4.96. The van der Waals surface area contributed by atoms with Crippen molar-refractivity contribution in [2.45, 2.75) is 5.75 Å². The van der Waals surface area contributed by atoms with Gasteiger partial charge in [-0.25, -0.2) is 0 Å². The largest absolute Gasteiger partial charge is 0.325 e. The van der Waals surface area contributed by atoms with Gasteiger partial charge in [0.2, 0.25) is 5.91 Å². The predicted molar refractivity (Wildman–Crippen MR) is 93.0 cm³/mol. The maximum atomic E-state index is 12.0. The zero-order chi connectivity index (χ0) is 15.2. The zero-order valence-corrected chi connectivity index (χ0v) is 12.8. The van der Waals surface area contributed by atoms with Crippen LogP contribution in [-0.4, -0.2) is 16.6 Å². The van der Waals surface area contributed by atoms with Crippen LogP contribution in [0.15, 0.2) is 67.0 Å². The Hall–Kier alpha value is -2.33. The van der Waals surface area contributed by atoms with Gasteiger partial charge in [-0.1, -0.05) is 36.4 Å². The molecule has 0 aliphatic rings. The van der Waals surface area contributed by atoms with Crippen molar-refractivity contribution in [3.05, 3.63) is 72.6 Å². The lowest BCUT2D eigenvalue weighted by Crippen LogP contribution is -2.14. The summed E-state index contributed by atoms with van der Waals surface area (Å²) in [5, 5.41) is 5.25. The third-order valence-corrected chi connectivity index (χ3v) is 4.26. The van der Waals surface area contributed by atoms with Gasteiger partial charge in [0.25, 0.3) is 0 Å². The predicted octanol–water partition coefficient (Wildman–Crippen LogP) is 4.11. The van der Waals surface area contributed by atoms with E-state index in [1.165, 1.54) is 5.39 Å². The number of benzene rings is 2. The van der Waals surface area contributed by atoms with E-state index in [-0.39, 0.29) is 5.91 Å². The molecule has 22 heavy (non-hydrogen) atoms. The summed E-state index contributed by atoms with van der Waals surface area (Å²) in [6, 6.07) is 18.0. The molecule has 0 atom stereocenters. The van der Waals surface area contributed by atoms with Gasteiger partial charge in [0, 0.05) is 23.8 Å². The van der Waals surface area contributed by atoms with Crippen molar-refractivity contribution in [2.24, 2.45) is 0 Å². The average molecular weight is 308 g/mol. The fraction of sp³-hybridized carbons (Fsp3) is 0.111. The van der Waals surface area contributed by atoms with Gasteiger partial charge in [-0.2, -0.15) is 0 Å². The van der Waals surface area contributed by atoms with Crippen LogP contribution in [0.4, 0.5) is 5.69 Å². The molecule has 1 N–H and O–H groups in total. The minimum atomic E-state index is 0.0178. The van der Waals surface area contributed by atoms with E-state index in [9.17, 15) is 4.79 Å². The van der Waals surface area contributed by atoms with Gasteiger partial charge in [-0.15, -0.1) is 11.8 Å². The third kappa shape index (κ3) is 3.86. The fourth-order valence-corrected chi connectivity index (χ4v) is 2.98. The van der Waals surface area contributed by atoms with E-state index in [1.807, 2.05) is 54.7 Å². The number of aromatic nitrogens is 1. The first kappa shape index (κ1) is 14.6. The van der Waals surface area contributed by atoms with Gasteiger partial charge in [0.1, 0.15) is 0 Å². The maximum Gasteiger partial charge on any atom is 0.234 e. The van der Waals surface area contributed by atoms with Gasteiger partial charge in [0.15, 0.2) is 0 Å². The number of anilines is 1. The number of hydrogen-bond acceptors (Lipinski definition) is 3. The second-order valence-corrected chi connectivity index (χ2v) is 5.95. The molecule has 0 saturated carbocycles. The van der Waals surface area contributed by atoms with Gasteiger partial charge in [-0.05, 0) is 34.5 Å². The number of thioether (sulfide) groups is 1. The van der Waals surface area contributed by atoms with Gasteiger partial charge in [0.05, 0.1) is 5.75 Å². The molecule has 0 radical (unpaired) electrons. The summed E-state index contributed by atoms with van der Waals surface area (Å²) in [5.41, 5.74) is 1.97. The Morgan fingerprint density at radius 3 is 2.73 bits per heavy atom. The lowest BCUT2D eigenvalue weighted by Gasteiger charge is -2.06. The molecular weight excluding hydrogens is 292 g/mol. The Bertz CT molecular complexity index is 774. The Morgan fingerprint density at radius 2 is 1.91 bits per heavy atom. The lowest BCUT2D eigenvalue weighted by molar-refractivity contribution is -0.113. The number of fused-ring (bicyclic) bond motifs is 1. The van der Waals surface area contributed by atoms with E-state index in [0.717, 1.165) is 22.4 Å². The molecule has 0 bridgehead atoms. The van der Waals surface area contributed by atoms with Crippen LogP contribution in [0.25, 0.3) is 10.8 Å². The first-order valence-corrected chi connectivity index (χ1v) is 8.22. The van der Waals surface area contributed by atoms with E-state index in [0.29, 0.717) is 5.75 Å². The molecule has 3 rings (SSSR count). The molecule has 2 aromatic carbocycles. The Labute approximate surface area is 133 Å². The highest BCUT2D eigenvalue weighted by Gasteiger charge is 2.04. The highest BCUT2D eigenvalue weighted by molar-refractivity contribution is 7.99. The van der Waals surface area contributed by atoms with E-state index >= 15 is 0 Å². The SMILES string of the molecule is O=C(CSCc1cccnc1)Nc1ccc2ccccc2c1. The fourth-order valence-electron chi connectivity index (χ4n) is 2.21. The molecule has 0 saturated heterocycles. The average Bonchev–Trinajstić information content (AvgIpc) is 2.56. The topological polar surface area (TPSA) is 42.0 Å². The molecular formula is C18H16N2OS. The van der Waals surface area contributed by atoms with Gasteiger partial charge >= 0.3 is 0 Å². The maximum absolute atomic E-state index is 12.0. The number of rotatable bonds is 5. The number of nitrogens with zero attached hydrogens (tertiary/aromatic N) is 1. The normalized spacial score (nSPS) is 10.5. The summed E-state index contributed by atoms with van der Waals surface area (Å²) in [7, 11) is 0. The quantitative estimate of drug-likeness (QED) is 0.771. The van der Waals surface area contributed by atoms with Gasteiger partial charge < -0.3 is 5.32 Å².